The fourth-order valence-corrected chi connectivity index (χ4v) is 1.80. The molecule has 16 heavy (non-hydrogen) atoms. The van der Waals surface area contributed by atoms with E-state index in [2.05, 4.69) is 0 Å². The smallest absolute Gasteiger partial charge is 0.165 e. The molecule has 1 unspecified atom stereocenters. The van der Waals surface area contributed by atoms with Crippen molar-refractivity contribution in [2.24, 2.45) is 5.73 Å². The molecule has 0 saturated carbocycles. The third-order valence-corrected chi connectivity index (χ3v) is 2.62. The van der Waals surface area contributed by atoms with Crippen LogP contribution in [0.3, 0.4) is 0 Å². The standard InChI is InChI=1S/C12H18FNO2/c1-8(6-7-14)11-10(15-2)5-4-9(13)12(11)16-3/h4-5,8H,6-7,14H2,1-3H3. The lowest BCUT2D eigenvalue weighted by molar-refractivity contribution is 0.360. The number of hydrogen-bond acceptors (Lipinski definition) is 3. The van der Waals surface area contributed by atoms with Gasteiger partial charge in [-0.3, -0.25) is 0 Å². The Labute approximate surface area is 95.4 Å². The predicted octanol–water partition coefficient (Wildman–Crippen LogP) is 2.30. The molecule has 0 saturated heterocycles. The first kappa shape index (κ1) is 12.8. The zero-order chi connectivity index (χ0) is 12.1. The van der Waals surface area contributed by atoms with Crippen LogP contribution in [0, 0.1) is 5.82 Å². The van der Waals surface area contributed by atoms with E-state index in [0.717, 1.165) is 12.0 Å². The van der Waals surface area contributed by atoms with Crippen LogP contribution in [-0.4, -0.2) is 20.8 Å². The molecular formula is C12H18FNO2. The SMILES string of the molecule is COc1ccc(F)c(OC)c1C(C)CCN. The Kier molecular flexibility index (Phi) is 4.55. The van der Waals surface area contributed by atoms with Gasteiger partial charge in [-0.05, 0) is 31.0 Å². The molecule has 0 aromatic heterocycles. The predicted molar refractivity (Wildman–Crippen MR) is 61.6 cm³/mol. The van der Waals surface area contributed by atoms with Crippen LogP contribution in [0.2, 0.25) is 0 Å². The Morgan fingerprint density at radius 3 is 2.50 bits per heavy atom. The second kappa shape index (κ2) is 5.70. The van der Waals surface area contributed by atoms with Crippen LogP contribution in [0.15, 0.2) is 12.1 Å². The number of hydrogen-bond donors (Lipinski definition) is 1. The molecule has 1 aromatic rings. The Balaban J connectivity index is 3.24. The Morgan fingerprint density at radius 2 is 2.00 bits per heavy atom. The van der Waals surface area contributed by atoms with Gasteiger partial charge in [0.15, 0.2) is 11.6 Å². The highest BCUT2D eigenvalue weighted by molar-refractivity contribution is 5.48. The highest BCUT2D eigenvalue weighted by atomic mass is 19.1. The number of methoxy groups -OCH3 is 2. The van der Waals surface area contributed by atoms with Crippen molar-refractivity contribution in [3.05, 3.63) is 23.5 Å². The van der Waals surface area contributed by atoms with Crippen LogP contribution in [0.1, 0.15) is 24.8 Å². The van der Waals surface area contributed by atoms with Crippen molar-refractivity contribution in [2.45, 2.75) is 19.3 Å². The maximum absolute atomic E-state index is 13.6. The molecule has 0 fully saturated rings. The quantitative estimate of drug-likeness (QED) is 0.839. The molecule has 4 heteroatoms. The molecular weight excluding hydrogens is 209 g/mol. The van der Waals surface area contributed by atoms with E-state index in [-0.39, 0.29) is 17.5 Å². The van der Waals surface area contributed by atoms with Gasteiger partial charge in [0.25, 0.3) is 0 Å². The maximum Gasteiger partial charge on any atom is 0.165 e. The average Bonchev–Trinajstić information content (AvgIpc) is 2.28. The van der Waals surface area contributed by atoms with E-state index < -0.39 is 0 Å². The van der Waals surface area contributed by atoms with Crippen molar-refractivity contribution >= 4 is 0 Å². The molecule has 1 aromatic carbocycles. The van der Waals surface area contributed by atoms with Gasteiger partial charge in [-0.25, -0.2) is 4.39 Å². The van der Waals surface area contributed by atoms with E-state index in [9.17, 15) is 4.39 Å². The van der Waals surface area contributed by atoms with E-state index in [1.807, 2.05) is 6.92 Å². The zero-order valence-electron chi connectivity index (χ0n) is 9.92. The summed E-state index contributed by atoms with van der Waals surface area (Å²) in [5.41, 5.74) is 6.26. The normalized spacial score (nSPS) is 12.3. The molecule has 0 aliphatic heterocycles. The Hall–Kier alpha value is -1.29. The van der Waals surface area contributed by atoms with Crippen LogP contribution in [-0.2, 0) is 0 Å². The Bertz CT molecular complexity index is 355. The van der Waals surface area contributed by atoms with Gasteiger partial charge in [-0.1, -0.05) is 6.92 Å². The first-order valence-electron chi connectivity index (χ1n) is 5.26. The molecule has 0 heterocycles. The maximum atomic E-state index is 13.6. The van der Waals surface area contributed by atoms with E-state index in [1.165, 1.54) is 13.2 Å². The molecule has 1 rings (SSSR count). The summed E-state index contributed by atoms with van der Waals surface area (Å²) < 4.78 is 23.9. The lowest BCUT2D eigenvalue weighted by atomic mass is 9.95. The van der Waals surface area contributed by atoms with Crippen LogP contribution < -0.4 is 15.2 Å². The van der Waals surface area contributed by atoms with Gasteiger partial charge in [0.2, 0.25) is 0 Å². The van der Waals surface area contributed by atoms with Crippen molar-refractivity contribution < 1.29 is 13.9 Å². The summed E-state index contributed by atoms with van der Waals surface area (Å²) in [6.07, 6.45) is 0.760. The molecule has 3 nitrogen and oxygen atoms in total. The van der Waals surface area contributed by atoms with Crippen molar-refractivity contribution in [1.29, 1.82) is 0 Å². The second-order valence-corrected chi connectivity index (χ2v) is 3.67. The first-order chi connectivity index (χ1) is 7.65. The summed E-state index contributed by atoms with van der Waals surface area (Å²) in [5.74, 6) is 0.618. The van der Waals surface area contributed by atoms with Gasteiger partial charge in [-0.2, -0.15) is 0 Å². The summed E-state index contributed by atoms with van der Waals surface area (Å²) in [4.78, 5) is 0. The minimum Gasteiger partial charge on any atom is -0.496 e. The van der Waals surface area contributed by atoms with Crippen molar-refractivity contribution in [2.75, 3.05) is 20.8 Å². The summed E-state index contributed by atoms with van der Waals surface area (Å²) in [6.45, 7) is 2.52. The van der Waals surface area contributed by atoms with Crippen LogP contribution in [0.5, 0.6) is 11.5 Å². The van der Waals surface area contributed by atoms with Crippen molar-refractivity contribution in [3.8, 4) is 11.5 Å². The third-order valence-electron chi connectivity index (χ3n) is 2.62. The number of halogens is 1. The van der Waals surface area contributed by atoms with E-state index in [0.29, 0.717) is 12.3 Å². The molecule has 1 atom stereocenters. The summed E-state index contributed by atoms with van der Waals surface area (Å²) in [5, 5.41) is 0. The molecule has 90 valence electrons. The van der Waals surface area contributed by atoms with Gasteiger partial charge in [0.1, 0.15) is 5.75 Å². The molecule has 0 amide bonds. The fraction of sp³-hybridized carbons (Fsp3) is 0.500. The largest absolute Gasteiger partial charge is 0.496 e. The minimum absolute atomic E-state index is 0.102. The van der Waals surface area contributed by atoms with Crippen molar-refractivity contribution in [1.82, 2.24) is 0 Å². The van der Waals surface area contributed by atoms with Crippen molar-refractivity contribution in [3.63, 3.8) is 0 Å². The fourth-order valence-electron chi connectivity index (χ4n) is 1.80. The Morgan fingerprint density at radius 1 is 1.31 bits per heavy atom. The number of benzene rings is 1. The average molecular weight is 227 g/mol. The number of rotatable bonds is 5. The second-order valence-electron chi connectivity index (χ2n) is 3.67. The molecule has 0 aliphatic rings. The summed E-state index contributed by atoms with van der Waals surface area (Å²) >= 11 is 0. The van der Waals surface area contributed by atoms with Crippen LogP contribution in [0.4, 0.5) is 4.39 Å². The highest BCUT2D eigenvalue weighted by Crippen LogP contribution is 2.38. The topological polar surface area (TPSA) is 44.5 Å². The molecule has 0 aliphatic carbocycles. The van der Waals surface area contributed by atoms with E-state index in [1.54, 1.807) is 13.2 Å². The lowest BCUT2D eigenvalue weighted by Gasteiger charge is -2.18. The van der Waals surface area contributed by atoms with E-state index in [4.69, 9.17) is 15.2 Å². The highest BCUT2D eigenvalue weighted by Gasteiger charge is 2.19. The third kappa shape index (κ3) is 2.44. The number of ether oxygens (including phenoxy) is 2. The van der Waals surface area contributed by atoms with Crippen LogP contribution >= 0.6 is 0 Å². The molecule has 0 bridgehead atoms. The van der Waals surface area contributed by atoms with E-state index >= 15 is 0 Å². The molecule has 0 radical (unpaired) electrons. The minimum atomic E-state index is -0.373. The monoisotopic (exact) mass is 227 g/mol. The summed E-state index contributed by atoms with van der Waals surface area (Å²) in [6, 6.07) is 2.95. The lowest BCUT2D eigenvalue weighted by Crippen LogP contribution is -2.08. The zero-order valence-corrected chi connectivity index (χ0v) is 9.92. The first-order valence-corrected chi connectivity index (χ1v) is 5.26. The summed E-state index contributed by atoms with van der Waals surface area (Å²) in [7, 11) is 3.02. The molecule has 0 spiro atoms. The van der Waals surface area contributed by atoms with Gasteiger partial charge < -0.3 is 15.2 Å². The molecule has 2 N–H and O–H groups in total. The van der Waals surface area contributed by atoms with Gasteiger partial charge >= 0.3 is 0 Å². The van der Waals surface area contributed by atoms with Gasteiger partial charge in [0.05, 0.1) is 14.2 Å². The van der Waals surface area contributed by atoms with Gasteiger partial charge in [-0.15, -0.1) is 0 Å². The van der Waals surface area contributed by atoms with Gasteiger partial charge in [0, 0.05) is 5.56 Å². The van der Waals surface area contributed by atoms with Crippen LogP contribution in [0.25, 0.3) is 0 Å². The number of nitrogens with two attached hydrogens (primary N) is 1.